The minimum Gasteiger partial charge on any atom is -0.397 e. The van der Waals surface area contributed by atoms with Gasteiger partial charge in [0.2, 0.25) is 0 Å². The largest absolute Gasteiger partial charge is 0.418 e. The molecular formula is C26H22F4N6O2. The standard InChI is InChI=1S/C26H22F4N6O2/c1-36-12-32-35-24(36)18-10-16(27)4-5-17(18)15-8-20(14-2-3-14)33-22(9-15)25(38)34-21-7-13(11-37)6-19(23(21)31)26(28,29)30/h4-10,12,14,37H,2-3,11,31H2,1H3,(H,34,38). The maximum atomic E-state index is 14.2. The van der Waals surface area contributed by atoms with Crippen LogP contribution in [0.15, 0.2) is 48.8 Å². The Kier molecular flexibility index (Phi) is 6.35. The molecule has 4 N–H and O–H groups in total. The third-order valence-corrected chi connectivity index (χ3v) is 6.29. The van der Waals surface area contributed by atoms with Crippen LogP contribution in [0.25, 0.3) is 22.5 Å². The first-order valence-corrected chi connectivity index (χ1v) is 11.6. The summed E-state index contributed by atoms with van der Waals surface area (Å²) >= 11 is 0. The molecule has 0 unspecified atom stereocenters. The van der Waals surface area contributed by atoms with Crippen molar-refractivity contribution < 1.29 is 27.5 Å². The van der Waals surface area contributed by atoms with Crippen LogP contribution >= 0.6 is 0 Å². The lowest BCUT2D eigenvalue weighted by Gasteiger charge is -2.17. The van der Waals surface area contributed by atoms with E-state index in [1.54, 1.807) is 17.7 Å². The molecule has 38 heavy (non-hydrogen) atoms. The lowest BCUT2D eigenvalue weighted by Crippen LogP contribution is -2.18. The number of pyridine rings is 1. The number of carbonyl (C=O) groups excluding carboxylic acids is 1. The fourth-order valence-corrected chi connectivity index (χ4v) is 4.22. The SMILES string of the molecule is Cn1cnnc1-c1cc(F)ccc1-c1cc(C(=O)Nc2cc(CO)cc(C(F)(F)F)c2N)nc(C2CC2)c1. The van der Waals surface area contributed by atoms with Crippen molar-refractivity contribution in [2.24, 2.45) is 7.05 Å². The number of hydrogen-bond acceptors (Lipinski definition) is 6. The highest BCUT2D eigenvalue weighted by Crippen LogP contribution is 2.42. The van der Waals surface area contributed by atoms with Gasteiger partial charge in [-0.3, -0.25) is 4.79 Å². The van der Waals surface area contributed by atoms with E-state index in [1.807, 2.05) is 6.07 Å². The first kappa shape index (κ1) is 25.3. The Morgan fingerprint density at radius 1 is 1.16 bits per heavy atom. The van der Waals surface area contributed by atoms with Crippen molar-refractivity contribution in [3.05, 3.63) is 77.1 Å². The van der Waals surface area contributed by atoms with E-state index in [4.69, 9.17) is 5.73 Å². The van der Waals surface area contributed by atoms with Gasteiger partial charge in [0.25, 0.3) is 5.91 Å². The zero-order valence-corrected chi connectivity index (χ0v) is 20.1. The van der Waals surface area contributed by atoms with Crippen molar-refractivity contribution in [2.45, 2.75) is 31.5 Å². The summed E-state index contributed by atoms with van der Waals surface area (Å²) in [6, 6.07) is 9.36. The highest BCUT2D eigenvalue weighted by Gasteiger charge is 2.35. The molecule has 2 aromatic carbocycles. The number of halogens is 4. The molecule has 0 saturated heterocycles. The lowest BCUT2D eigenvalue weighted by molar-refractivity contribution is -0.136. The number of nitrogens with zero attached hydrogens (tertiary/aromatic N) is 4. The van der Waals surface area contributed by atoms with Crippen LogP contribution in [0.4, 0.5) is 28.9 Å². The summed E-state index contributed by atoms with van der Waals surface area (Å²) in [6.45, 7) is -0.679. The molecule has 4 aromatic rings. The van der Waals surface area contributed by atoms with E-state index in [0.717, 1.165) is 18.9 Å². The first-order chi connectivity index (χ1) is 18.0. The van der Waals surface area contributed by atoms with Crippen LogP contribution in [0.2, 0.25) is 0 Å². The van der Waals surface area contributed by atoms with E-state index in [9.17, 15) is 27.5 Å². The summed E-state index contributed by atoms with van der Waals surface area (Å²) in [6.07, 6.45) is -1.56. The molecule has 2 aromatic heterocycles. The minimum absolute atomic E-state index is 0.0556. The van der Waals surface area contributed by atoms with Gasteiger partial charge in [-0.1, -0.05) is 6.07 Å². The third-order valence-electron chi connectivity index (χ3n) is 6.29. The van der Waals surface area contributed by atoms with E-state index < -0.39 is 35.8 Å². The Morgan fingerprint density at radius 2 is 1.92 bits per heavy atom. The number of aryl methyl sites for hydroxylation is 1. The van der Waals surface area contributed by atoms with Gasteiger partial charge in [-0.2, -0.15) is 13.2 Å². The fourth-order valence-electron chi connectivity index (χ4n) is 4.22. The number of anilines is 2. The molecule has 1 amide bonds. The molecule has 2 heterocycles. The predicted octanol–water partition coefficient (Wildman–Crippen LogP) is 4.91. The van der Waals surface area contributed by atoms with Gasteiger partial charge in [0.15, 0.2) is 5.82 Å². The lowest BCUT2D eigenvalue weighted by atomic mass is 9.97. The fraction of sp³-hybridized carbons (Fsp3) is 0.231. The second-order valence-electron chi connectivity index (χ2n) is 9.11. The van der Waals surface area contributed by atoms with Gasteiger partial charge in [0.05, 0.1) is 23.5 Å². The third kappa shape index (κ3) is 4.94. The van der Waals surface area contributed by atoms with E-state index >= 15 is 0 Å². The molecule has 0 atom stereocenters. The molecule has 0 aliphatic heterocycles. The number of benzene rings is 2. The molecule has 5 rings (SSSR count). The van der Waals surface area contributed by atoms with Crippen LogP contribution in [-0.4, -0.2) is 30.8 Å². The maximum Gasteiger partial charge on any atom is 0.418 e. The summed E-state index contributed by atoms with van der Waals surface area (Å²) in [5.41, 5.74) is 5.68. The first-order valence-electron chi connectivity index (χ1n) is 11.6. The normalized spacial score (nSPS) is 13.5. The van der Waals surface area contributed by atoms with Crippen molar-refractivity contribution >= 4 is 17.3 Å². The number of nitrogens with one attached hydrogen (secondary N) is 1. The van der Waals surface area contributed by atoms with Crippen molar-refractivity contribution in [1.82, 2.24) is 19.7 Å². The second-order valence-corrected chi connectivity index (χ2v) is 9.11. The maximum absolute atomic E-state index is 14.2. The summed E-state index contributed by atoms with van der Waals surface area (Å²) in [7, 11) is 1.71. The zero-order chi connectivity index (χ0) is 27.2. The number of hydrogen-bond donors (Lipinski definition) is 3. The summed E-state index contributed by atoms with van der Waals surface area (Å²) in [5.74, 6) is -0.740. The highest BCUT2D eigenvalue weighted by atomic mass is 19.4. The summed E-state index contributed by atoms with van der Waals surface area (Å²) in [5, 5.41) is 19.8. The smallest absolute Gasteiger partial charge is 0.397 e. The predicted molar refractivity (Wildman–Crippen MR) is 131 cm³/mol. The van der Waals surface area contributed by atoms with E-state index in [1.165, 1.54) is 30.6 Å². The van der Waals surface area contributed by atoms with Gasteiger partial charge >= 0.3 is 6.18 Å². The van der Waals surface area contributed by atoms with Crippen LogP contribution in [0.5, 0.6) is 0 Å². The average molecular weight is 526 g/mol. The van der Waals surface area contributed by atoms with Crippen molar-refractivity contribution in [1.29, 1.82) is 0 Å². The molecule has 0 spiro atoms. The Bertz CT molecular complexity index is 1550. The van der Waals surface area contributed by atoms with Gasteiger partial charge in [-0.25, -0.2) is 9.37 Å². The molecule has 12 heteroatoms. The van der Waals surface area contributed by atoms with Crippen molar-refractivity contribution in [2.75, 3.05) is 11.1 Å². The number of carbonyl (C=O) groups is 1. The van der Waals surface area contributed by atoms with Gasteiger partial charge in [0, 0.05) is 24.2 Å². The van der Waals surface area contributed by atoms with Gasteiger partial charge in [-0.05, 0) is 65.9 Å². The van der Waals surface area contributed by atoms with Crippen LogP contribution in [0.3, 0.4) is 0 Å². The Hall–Kier alpha value is -4.32. The number of amides is 1. The van der Waals surface area contributed by atoms with Crippen molar-refractivity contribution in [3.8, 4) is 22.5 Å². The highest BCUT2D eigenvalue weighted by molar-refractivity contribution is 6.05. The topological polar surface area (TPSA) is 119 Å². The van der Waals surface area contributed by atoms with Gasteiger partial charge in [0.1, 0.15) is 17.8 Å². The number of aliphatic hydroxyl groups excluding tert-OH is 1. The molecule has 1 fully saturated rings. The molecule has 1 aliphatic rings. The van der Waals surface area contributed by atoms with Crippen LogP contribution in [0, 0.1) is 5.82 Å². The van der Waals surface area contributed by atoms with E-state index in [0.29, 0.717) is 28.2 Å². The van der Waals surface area contributed by atoms with Crippen LogP contribution < -0.4 is 11.1 Å². The molecule has 0 radical (unpaired) electrons. The Balaban J connectivity index is 1.59. The summed E-state index contributed by atoms with van der Waals surface area (Å²) in [4.78, 5) is 17.7. The Labute approximate surface area is 214 Å². The van der Waals surface area contributed by atoms with Crippen LogP contribution in [0.1, 0.15) is 46.1 Å². The number of nitrogen functional groups attached to an aromatic ring is 1. The monoisotopic (exact) mass is 526 g/mol. The van der Waals surface area contributed by atoms with Gasteiger partial charge < -0.3 is 20.7 Å². The molecule has 8 nitrogen and oxygen atoms in total. The molecule has 0 bridgehead atoms. The number of rotatable bonds is 6. The number of aromatic nitrogens is 4. The molecular weight excluding hydrogens is 504 g/mol. The average Bonchev–Trinajstić information content (AvgIpc) is 3.64. The second kappa shape index (κ2) is 9.53. The van der Waals surface area contributed by atoms with Crippen LogP contribution in [-0.2, 0) is 19.8 Å². The molecule has 1 saturated carbocycles. The number of nitrogens with two attached hydrogens (primary N) is 1. The quantitative estimate of drug-likeness (QED) is 0.243. The zero-order valence-electron chi connectivity index (χ0n) is 20.1. The number of aliphatic hydroxyl groups is 1. The summed E-state index contributed by atoms with van der Waals surface area (Å²) < 4.78 is 56.3. The van der Waals surface area contributed by atoms with Gasteiger partial charge in [-0.15, -0.1) is 10.2 Å². The number of alkyl halides is 3. The van der Waals surface area contributed by atoms with E-state index in [-0.39, 0.29) is 22.9 Å². The van der Waals surface area contributed by atoms with Crippen molar-refractivity contribution in [3.63, 3.8) is 0 Å². The molecule has 196 valence electrons. The Morgan fingerprint density at radius 3 is 2.55 bits per heavy atom. The molecule has 1 aliphatic carbocycles. The van der Waals surface area contributed by atoms with E-state index in [2.05, 4.69) is 20.5 Å². The minimum atomic E-state index is -4.79.